The molecule has 0 aromatic heterocycles. The van der Waals surface area contributed by atoms with Crippen LogP contribution >= 0.6 is 0 Å². The summed E-state index contributed by atoms with van der Waals surface area (Å²) in [5.41, 5.74) is 5.79. The minimum absolute atomic E-state index is 0.0699. The van der Waals surface area contributed by atoms with E-state index in [0.717, 1.165) is 0 Å². The van der Waals surface area contributed by atoms with Crippen LogP contribution in [0.1, 0.15) is 12.0 Å². The van der Waals surface area contributed by atoms with Crippen LogP contribution in [0.4, 0.5) is 0 Å². The summed E-state index contributed by atoms with van der Waals surface area (Å²) in [4.78, 5) is 59.5. The summed E-state index contributed by atoms with van der Waals surface area (Å²) in [5.74, 6) is -6.17. The maximum atomic E-state index is 12.7. The molecule has 1 aromatic rings. The minimum Gasteiger partial charge on any atom is -0.508 e. The first-order valence-corrected chi connectivity index (χ1v) is 9.59. The molecule has 0 spiro atoms. The van der Waals surface area contributed by atoms with Crippen LogP contribution in [0.3, 0.4) is 0 Å². The van der Waals surface area contributed by atoms with Crippen molar-refractivity contribution in [1.29, 1.82) is 0 Å². The number of amides is 3. The standard InChI is InChI=1S/C19H26N4O10/c20-11(7-24)16(29)21-13(6-15(27)28)18(31)22-12(5-9-1-3-10(26)4-2-9)17(30)23-14(8-25)19(32)33/h1-4,11-14,24-26H,5-8,20H2,(H,21,29)(H,22,31)(H,23,30)(H,27,28)(H,32,33). The van der Waals surface area contributed by atoms with Crippen molar-refractivity contribution in [3.8, 4) is 5.75 Å². The van der Waals surface area contributed by atoms with Gasteiger partial charge in [0.2, 0.25) is 17.7 Å². The number of phenolic OH excluding ortho intramolecular Hbond substituents is 1. The zero-order chi connectivity index (χ0) is 25.1. The van der Waals surface area contributed by atoms with E-state index < -0.39 is 73.5 Å². The van der Waals surface area contributed by atoms with Crippen LogP contribution in [0, 0.1) is 0 Å². The molecule has 0 aliphatic heterocycles. The van der Waals surface area contributed by atoms with E-state index in [9.17, 15) is 29.1 Å². The van der Waals surface area contributed by atoms with Gasteiger partial charge in [-0.2, -0.15) is 0 Å². The Labute approximate surface area is 187 Å². The molecule has 0 bridgehead atoms. The molecule has 0 saturated carbocycles. The SMILES string of the molecule is NC(CO)C(=O)NC(CC(=O)O)C(=O)NC(Cc1ccc(O)cc1)C(=O)NC(CO)C(=O)O. The monoisotopic (exact) mass is 470 g/mol. The number of rotatable bonds is 13. The number of nitrogens with one attached hydrogen (secondary N) is 3. The Kier molecular flexibility index (Phi) is 10.7. The van der Waals surface area contributed by atoms with E-state index in [0.29, 0.717) is 5.56 Å². The number of aliphatic hydroxyl groups excluding tert-OH is 2. The number of carboxylic acid groups (broad SMARTS) is 2. The molecule has 14 heteroatoms. The quantitative estimate of drug-likeness (QED) is 0.135. The molecule has 0 saturated heterocycles. The number of nitrogens with two attached hydrogens (primary N) is 1. The van der Waals surface area contributed by atoms with Crippen LogP contribution in [0.5, 0.6) is 5.75 Å². The molecule has 3 amide bonds. The Balaban J connectivity index is 3.12. The number of carboxylic acids is 2. The third-order valence-electron chi connectivity index (χ3n) is 4.35. The van der Waals surface area contributed by atoms with Crippen molar-refractivity contribution in [2.75, 3.05) is 13.2 Å². The Morgan fingerprint density at radius 3 is 1.79 bits per heavy atom. The third kappa shape index (κ3) is 9.10. The normalized spacial score (nSPS) is 14.3. The van der Waals surface area contributed by atoms with Crippen molar-refractivity contribution in [2.24, 2.45) is 5.73 Å². The number of hydrogen-bond donors (Lipinski definition) is 9. The second-order valence-corrected chi connectivity index (χ2v) is 6.96. The lowest BCUT2D eigenvalue weighted by atomic mass is 10.0. The van der Waals surface area contributed by atoms with Crippen LogP contribution in [-0.2, 0) is 30.4 Å². The van der Waals surface area contributed by atoms with Gasteiger partial charge in [0, 0.05) is 6.42 Å². The van der Waals surface area contributed by atoms with Gasteiger partial charge >= 0.3 is 11.9 Å². The summed E-state index contributed by atoms with van der Waals surface area (Å²) in [6.07, 6.45) is -1.09. The fourth-order valence-corrected chi connectivity index (χ4v) is 2.55. The highest BCUT2D eigenvalue weighted by Gasteiger charge is 2.31. The Bertz CT molecular complexity index is 861. The number of phenols is 1. The summed E-state index contributed by atoms with van der Waals surface area (Å²) >= 11 is 0. The molecule has 0 radical (unpaired) electrons. The van der Waals surface area contributed by atoms with E-state index in [1.54, 1.807) is 0 Å². The summed E-state index contributed by atoms with van der Waals surface area (Å²) in [5, 5.41) is 51.9. The molecule has 182 valence electrons. The van der Waals surface area contributed by atoms with Gasteiger partial charge in [-0.05, 0) is 17.7 Å². The topological polar surface area (TPSA) is 249 Å². The molecule has 14 nitrogen and oxygen atoms in total. The van der Waals surface area contributed by atoms with Gasteiger partial charge in [-0.15, -0.1) is 0 Å². The van der Waals surface area contributed by atoms with Crippen LogP contribution in [0.25, 0.3) is 0 Å². The number of aliphatic carboxylic acids is 2. The molecule has 10 N–H and O–H groups in total. The van der Waals surface area contributed by atoms with Gasteiger partial charge in [0.1, 0.15) is 29.9 Å². The Morgan fingerprint density at radius 1 is 0.788 bits per heavy atom. The summed E-state index contributed by atoms with van der Waals surface area (Å²) < 4.78 is 0. The first-order valence-electron chi connectivity index (χ1n) is 9.59. The molecule has 0 aliphatic rings. The first kappa shape index (κ1) is 27.3. The second-order valence-electron chi connectivity index (χ2n) is 6.96. The summed E-state index contributed by atoms with van der Waals surface area (Å²) in [6.45, 7) is -1.70. The van der Waals surface area contributed by atoms with Crippen LogP contribution < -0.4 is 21.7 Å². The summed E-state index contributed by atoms with van der Waals surface area (Å²) in [7, 11) is 0. The largest absolute Gasteiger partial charge is 0.508 e. The van der Waals surface area contributed by atoms with Crippen molar-refractivity contribution in [1.82, 2.24) is 16.0 Å². The van der Waals surface area contributed by atoms with Crippen LogP contribution in [0.2, 0.25) is 0 Å². The average molecular weight is 470 g/mol. The number of hydrogen-bond acceptors (Lipinski definition) is 9. The van der Waals surface area contributed by atoms with Crippen LogP contribution in [0.15, 0.2) is 24.3 Å². The molecule has 0 heterocycles. The predicted octanol–water partition coefficient (Wildman–Crippen LogP) is -3.74. The van der Waals surface area contributed by atoms with Gasteiger partial charge in [0.15, 0.2) is 0 Å². The van der Waals surface area contributed by atoms with Crippen molar-refractivity contribution < 1.29 is 49.5 Å². The maximum absolute atomic E-state index is 12.7. The lowest BCUT2D eigenvalue weighted by Crippen LogP contribution is -2.58. The van der Waals surface area contributed by atoms with E-state index >= 15 is 0 Å². The lowest BCUT2D eigenvalue weighted by Gasteiger charge is -2.24. The number of aliphatic hydroxyl groups is 2. The number of carbonyl (C=O) groups excluding carboxylic acids is 3. The fourth-order valence-electron chi connectivity index (χ4n) is 2.55. The van der Waals surface area contributed by atoms with Crippen molar-refractivity contribution in [2.45, 2.75) is 37.0 Å². The number of benzene rings is 1. The lowest BCUT2D eigenvalue weighted by molar-refractivity contribution is -0.144. The average Bonchev–Trinajstić information content (AvgIpc) is 2.76. The van der Waals surface area contributed by atoms with Crippen molar-refractivity contribution in [3.63, 3.8) is 0 Å². The Hall–Kier alpha value is -3.75. The zero-order valence-electron chi connectivity index (χ0n) is 17.3. The third-order valence-corrected chi connectivity index (χ3v) is 4.35. The smallest absolute Gasteiger partial charge is 0.328 e. The van der Waals surface area contributed by atoms with Gasteiger partial charge < -0.3 is 47.2 Å². The zero-order valence-corrected chi connectivity index (χ0v) is 17.3. The molecular formula is C19H26N4O10. The van der Waals surface area contributed by atoms with Gasteiger partial charge in [0.05, 0.1) is 19.6 Å². The second kappa shape index (κ2) is 12.9. The van der Waals surface area contributed by atoms with E-state index in [1.165, 1.54) is 24.3 Å². The van der Waals surface area contributed by atoms with Crippen LogP contribution in [-0.4, -0.2) is 92.6 Å². The number of aromatic hydroxyl groups is 1. The molecule has 33 heavy (non-hydrogen) atoms. The van der Waals surface area contributed by atoms with E-state index in [-0.39, 0.29) is 12.2 Å². The van der Waals surface area contributed by atoms with Crippen molar-refractivity contribution >= 4 is 29.7 Å². The Morgan fingerprint density at radius 2 is 1.30 bits per heavy atom. The highest BCUT2D eigenvalue weighted by molar-refractivity contribution is 5.95. The van der Waals surface area contributed by atoms with Gasteiger partial charge in [-0.3, -0.25) is 19.2 Å². The number of carbonyl (C=O) groups is 5. The molecule has 0 fully saturated rings. The van der Waals surface area contributed by atoms with Crippen molar-refractivity contribution in [3.05, 3.63) is 29.8 Å². The molecule has 4 atom stereocenters. The molecular weight excluding hydrogens is 444 g/mol. The molecule has 4 unspecified atom stereocenters. The summed E-state index contributed by atoms with van der Waals surface area (Å²) in [6, 6.07) is -0.739. The predicted molar refractivity (Wildman–Crippen MR) is 110 cm³/mol. The highest BCUT2D eigenvalue weighted by atomic mass is 16.4. The van der Waals surface area contributed by atoms with Gasteiger partial charge in [0.25, 0.3) is 0 Å². The first-order chi connectivity index (χ1) is 15.5. The maximum Gasteiger partial charge on any atom is 0.328 e. The molecule has 0 aliphatic carbocycles. The fraction of sp³-hybridized carbons (Fsp3) is 0.421. The van der Waals surface area contributed by atoms with E-state index in [1.807, 2.05) is 5.32 Å². The van der Waals surface area contributed by atoms with E-state index in [4.69, 9.17) is 26.2 Å². The highest BCUT2D eigenvalue weighted by Crippen LogP contribution is 2.12. The van der Waals surface area contributed by atoms with Gasteiger partial charge in [-0.25, -0.2) is 4.79 Å². The van der Waals surface area contributed by atoms with E-state index in [2.05, 4.69) is 10.6 Å². The van der Waals surface area contributed by atoms with Gasteiger partial charge in [-0.1, -0.05) is 12.1 Å². The molecule has 1 aromatic carbocycles. The molecule has 1 rings (SSSR count). The minimum atomic E-state index is -1.67.